The lowest BCUT2D eigenvalue weighted by molar-refractivity contribution is -0.122. The third-order valence-electron chi connectivity index (χ3n) is 7.25. The Kier molecular flexibility index (Phi) is 6.56. The lowest BCUT2D eigenvalue weighted by atomic mass is 9.86. The van der Waals surface area contributed by atoms with E-state index in [-0.39, 0.29) is 42.4 Å². The van der Waals surface area contributed by atoms with Gasteiger partial charge in [0.15, 0.2) is 0 Å². The molecule has 2 fully saturated rings. The molecule has 0 N–H and O–H groups in total. The number of nitrogens with zero attached hydrogens (tertiary/aromatic N) is 2. The number of carbonyl (C=O) groups excluding carboxylic acids is 4. The van der Waals surface area contributed by atoms with Crippen LogP contribution in [0.25, 0.3) is 0 Å². The van der Waals surface area contributed by atoms with Crippen molar-refractivity contribution in [1.82, 2.24) is 0 Å². The molecule has 2 heterocycles. The highest BCUT2D eigenvalue weighted by molar-refractivity contribution is 6.29. The van der Waals surface area contributed by atoms with E-state index in [1.54, 1.807) is 0 Å². The molecule has 0 atom stereocenters. The number of benzene rings is 2. The van der Waals surface area contributed by atoms with Crippen LogP contribution in [0, 0.1) is 13.8 Å². The summed E-state index contributed by atoms with van der Waals surface area (Å²) in [6.45, 7) is 17.5. The average molecular weight is 485 g/mol. The summed E-state index contributed by atoms with van der Waals surface area (Å²) in [7, 11) is 0. The summed E-state index contributed by atoms with van der Waals surface area (Å²) in [5, 5.41) is 0. The maximum Gasteiger partial charge on any atom is 0.260 e. The molecule has 0 aliphatic carbocycles. The van der Waals surface area contributed by atoms with Gasteiger partial charge in [0.25, 0.3) is 11.8 Å². The number of hydrogen-bond donors (Lipinski definition) is 0. The number of amides is 4. The van der Waals surface area contributed by atoms with Crippen LogP contribution in [-0.2, 0) is 32.0 Å². The van der Waals surface area contributed by atoms with E-state index in [1.165, 1.54) is 9.80 Å². The molecule has 36 heavy (non-hydrogen) atoms. The molecular weight excluding hydrogens is 452 g/mol. The summed E-state index contributed by atoms with van der Waals surface area (Å²) < 4.78 is 0. The van der Waals surface area contributed by atoms with E-state index in [4.69, 9.17) is 0 Å². The van der Waals surface area contributed by atoms with Gasteiger partial charge >= 0.3 is 0 Å². The van der Waals surface area contributed by atoms with E-state index in [9.17, 15) is 19.2 Å². The molecule has 0 aromatic heterocycles. The van der Waals surface area contributed by atoms with Crippen molar-refractivity contribution in [3.8, 4) is 0 Å². The summed E-state index contributed by atoms with van der Waals surface area (Å²) in [5.74, 6) is -1.12. The minimum absolute atomic E-state index is 0.0148. The Balaban J connectivity index is 1.76. The largest absolute Gasteiger partial charge is 0.274 e. The quantitative estimate of drug-likeness (QED) is 0.416. The normalized spacial score (nSPS) is 16.4. The highest BCUT2D eigenvalue weighted by atomic mass is 16.2. The summed E-state index contributed by atoms with van der Waals surface area (Å²) in [4.78, 5) is 52.9. The molecule has 4 rings (SSSR count). The molecule has 0 saturated carbocycles. The van der Waals surface area contributed by atoms with E-state index < -0.39 is 0 Å². The maximum absolute atomic E-state index is 12.6. The minimum atomic E-state index is -0.328. The summed E-state index contributed by atoms with van der Waals surface area (Å²) >= 11 is 0. The van der Waals surface area contributed by atoms with E-state index in [0.29, 0.717) is 35.4 Å². The van der Waals surface area contributed by atoms with Crippen LogP contribution in [0.2, 0.25) is 0 Å². The summed E-state index contributed by atoms with van der Waals surface area (Å²) in [5.41, 5.74) is 7.70. The number of rotatable bonds is 6. The first-order chi connectivity index (χ1) is 17.0. The molecule has 0 bridgehead atoms. The Morgan fingerprint density at radius 3 is 1.36 bits per heavy atom. The van der Waals surface area contributed by atoms with E-state index >= 15 is 0 Å². The van der Waals surface area contributed by atoms with Crippen LogP contribution in [0.4, 0.5) is 11.4 Å². The Morgan fingerprint density at radius 1 is 0.722 bits per heavy atom. The topological polar surface area (TPSA) is 74.8 Å². The van der Waals surface area contributed by atoms with Gasteiger partial charge in [-0.15, -0.1) is 0 Å². The molecule has 6 heteroatoms. The molecule has 186 valence electrons. The standard InChI is InChI=1S/C30H32N2O4/c1-8-21-14-23(10-16(3)27(21)31-25(33)12-18(5)29(31)35)20(7)24-11-17(4)28(22(9-2)15-24)32-26(34)13-19(6)30(32)36/h10-11,14-15,20H,5-6,8-9,12-13H2,1-4,7H3. The van der Waals surface area contributed by atoms with Crippen LogP contribution >= 0.6 is 0 Å². The Morgan fingerprint density at radius 2 is 1.08 bits per heavy atom. The second-order valence-electron chi connectivity index (χ2n) is 9.75. The molecule has 2 aliphatic heterocycles. The molecule has 0 unspecified atom stereocenters. The summed E-state index contributed by atoms with van der Waals surface area (Å²) in [6, 6.07) is 8.21. The Bertz CT molecular complexity index is 1260. The van der Waals surface area contributed by atoms with Crippen molar-refractivity contribution in [2.75, 3.05) is 9.80 Å². The minimum Gasteiger partial charge on any atom is -0.274 e. The molecule has 6 nitrogen and oxygen atoms in total. The SMILES string of the molecule is C=C1CC(=O)N(c2c(C)cc(C(C)c3cc(C)c(N4C(=O)CC(=C)C4=O)c(CC)c3)cc2CC)C1=O. The average Bonchev–Trinajstić information content (AvgIpc) is 3.23. The van der Waals surface area contributed by atoms with Crippen LogP contribution < -0.4 is 9.80 Å². The Labute approximate surface area is 212 Å². The predicted molar refractivity (Wildman–Crippen MR) is 141 cm³/mol. The third kappa shape index (κ3) is 4.00. The van der Waals surface area contributed by atoms with Crippen molar-refractivity contribution in [2.24, 2.45) is 0 Å². The highest BCUT2D eigenvalue weighted by Gasteiger charge is 2.37. The maximum atomic E-state index is 12.6. The lowest BCUT2D eigenvalue weighted by Crippen LogP contribution is -2.31. The zero-order valence-corrected chi connectivity index (χ0v) is 21.7. The molecule has 2 aromatic rings. The smallest absolute Gasteiger partial charge is 0.260 e. The van der Waals surface area contributed by atoms with Crippen molar-refractivity contribution in [1.29, 1.82) is 0 Å². The van der Waals surface area contributed by atoms with Gasteiger partial charge in [0.05, 0.1) is 24.2 Å². The first-order valence-electron chi connectivity index (χ1n) is 12.4. The van der Waals surface area contributed by atoms with Gasteiger partial charge in [-0.2, -0.15) is 0 Å². The number of anilines is 2. The molecule has 4 amide bonds. The fourth-order valence-corrected chi connectivity index (χ4v) is 5.31. The van der Waals surface area contributed by atoms with E-state index in [1.807, 2.05) is 39.8 Å². The number of carbonyl (C=O) groups is 4. The van der Waals surface area contributed by atoms with Gasteiger partial charge in [-0.3, -0.25) is 19.2 Å². The number of hydrogen-bond acceptors (Lipinski definition) is 4. The van der Waals surface area contributed by atoms with E-state index in [2.05, 4.69) is 32.2 Å². The van der Waals surface area contributed by atoms with Crippen molar-refractivity contribution in [3.63, 3.8) is 0 Å². The van der Waals surface area contributed by atoms with Gasteiger partial charge in [-0.05, 0) is 60.1 Å². The molecular formula is C30H32N2O4. The fourth-order valence-electron chi connectivity index (χ4n) is 5.31. The molecule has 2 saturated heterocycles. The first kappa shape index (κ1) is 25.3. The van der Waals surface area contributed by atoms with Crippen molar-refractivity contribution >= 4 is 35.0 Å². The summed E-state index contributed by atoms with van der Waals surface area (Å²) in [6.07, 6.45) is 1.45. The third-order valence-corrected chi connectivity index (χ3v) is 7.25. The van der Waals surface area contributed by atoms with Crippen molar-refractivity contribution < 1.29 is 19.2 Å². The second-order valence-corrected chi connectivity index (χ2v) is 9.75. The fraction of sp³-hybridized carbons (Fsp3) is 0.333. The lowest BCUT2D eigenvalue weighted by Gasteiger charge is -2.25. The van der Waals surface area contributed by atoms with Crippen LogP contribution in [0.5, 0.6) is 0 Å². The van der Waals surface area contributed by atoms with Gasteiger partial charge in [-0.1, -0.05) is 58.2 Å². The van der Waals surface area contributed by atoms with Crippen LogP contribution in [0.3, 0.4) is 0 Å². The van der Waals surface area contributed by atoms with Crippen molar-refractivity contribution in [2.45, 2.75) is 66.2 Å². The molecule has 0 spiro atoms. The Hall–Kier alpha value is -3.80. The van der Waals surface area contributed by atoms with Crippen molar-refractivity contribution in [3.05, 3.63) is 82.0 Å². The monoisotopic (exact) mass is 484 g/mol. The number of imide groups is 2. The van der Waals surface area contributed by atoms with Gasteiger partial charge in [0, 0.05) is 17.1 Å². The highest BCUT2D eigenvalue weighted by Crippen LogP contribution is 2.39. The zero-order valence-electron chi connectivity index (χ0n) is 21.7. The van der Waals surface area contributed by atoms with Crippen LogP contribution in [0.1, 0.15) is 72.9 Å². The molecule has 0 radical (unpaired) electrons. The zero-order chi connectivity index (χ0) is 26.5. The first-order valence-corrected chi connectivity index (χ1v) is 12.4. The predicted octanol–water partition coefficient (Wildman–Crippen LogP) is 5.22. The second kappa shape index (κ2) is 9.34. The van der Waals surface area contributed by atoms with E-state index in [0.717, 1.165) is 33.4 Å². The molecule has 2 aliphatic rings. The molecule has 2 aromatic carbocycles. The van der Waals surface area contributed by atoms with Gasteiger partial charge in [0.2, 0.25) is 11.8 Å². The van der Waals surface area contributed by atoms with Gasteiger partial charge in [-0.25, -0.2) is 9.80 Å². The van der Waals surface area contributed by atoms with Gasteiger partial charge in [0.1, 0.15) is 0 Å². The van der Waals surface area contributed by atoms with Crippen LogP contribution in [-0.4, -0.2) is 23.6 Å². The van der Waals surface area contributed by atoms with Crippen LogP contribution in [0.15, 0.2) is 48.6 Å². The number of aryl methyl sites for hydroxylation is 4. The van der Waals surface area contributed by atoms with Gasteiger partial charge < -0.3 is 0 Å².